The summed E-state index contributed by atoms with van der Waals surface area (Å²) < 4.78 is 0. The Balaban J connectivity index is 1.01. The first kappa shape index (κ1) is 36.2. The van der Waals surface area contributed by atoms with Crippen LogP contribution in [0.1, 0.15) is 24.1 Å². The molecule has 4 aromatic heterocycles. The fourth-order valence-electron chi connectivity index (χ4n) is 8.73. The van der Waals surface area contributed by atoms with Gasteiger partial charge < -0.3 is 0 Å². The van der Waals surface area contributed by atoms with Gasteiger partial charge in [0.25, 0.3) is 0 Å². The summed E-state index contributed by atoms with van der Waals surface area (Å²) in [4.78, 5) is 25.8. The lowest BCUT2D eigenvalue weighted by atomic mass is 9.80. The summed E-state index contributed by atoms with van der Waals surface area (Å²) in [6.07, 6.45) is 8.81. The first-order chi connectivity index (χ1) is 30.1. The summed E-state index contributed by atoms with van der Waals surface area (Å²) in [6.45, 7) is 2.30. The van der Waals surface area contributed by atoms with Crippen molar-refractivity contribution in [1.29, 1.82) is 0 Å². The van der Waals surface area contributed by atoms with Gasteiger partial charge in [-0.3, -0.25) is 4.98 Å². The van der Waals surface area contributed by atoms with Crippen molar-refractivity contribution in [3.8, 4) is 56.3 Å². The van der Waals surface area contributed by atoms with Gasteiger partial charge in [-0.15, -0.1) is 0 Å². The van der Waals surface area contributed by atoms with Crippen LogP contribution in [-0.2, 0) is 0 Å². The van der Waals surface area contributed by atoms with Gasteiger partial charge in [-0.1, -0.05) is 177 Å². The van der Waals surface area contributed by atoms with Gasteiger partial charge in [0.1, 0.15) is 0 Å². The van der Waals surface area contributed by atoms with Crippen molar-refractivity contribution < 1.29 is 0 Å². The Morgan fingerprint density at radius 1 is 0.426 bits per heavy atom. The van der Waals surface area contributed by atoms with E-state index >= 15 is 0 Å². The van der Waals surface area contributed by atoms with E-state index < -0.39 is 0 Å². The van der Waals surface area contributed by atoms with Gasteiger partial charge in [-0.25, -0.2) is 19.9 Å². The molecule has 288 valence electrons. The van der Waals surface area contributed by atoms with Crippen LogP contribution in [0.4, 0.5) is 0 Å². The lowest BCUT2D eigenvalue weighted by molar-refractivity contribution is 0.641. The van der Waals surface area contributed by atoms with Crippen LogP contribution in [0, 0.1) is 5.92 Å². The van der Waals surface area contributed by atoms with Crippen LogP contribution in [0.5, 0.6) is 0 Å². The van der Waals surface area contributed by atoms with Gasteiger partial charge in [-0.2, -0.15) is 0 Å². The number of allylic oxidation sites excluding steroid dienone is 4. The van der Waals surface area contributed by atoms with Crippen molar-refractivity contribution in [2.24, 2.45) is 5.92 Å². The van der Waals surface area contributed by atoms with E-state index in [0.717, 1.165) is 94.4 Å². The number of aromatic nitrogens is 5. The number of pyridine rings is 3. The molecule has 61 heavy (non-hydrogen) atoms. The minimum Gasteiger partial charge on any atom is -0.256 e. The standard InChI is InChI=1S/C56H39N5/c1-36-32-43(52-35-51(39-18-9-4-10-19-39)60-56(61-52)44-22-11-21-42(33-44)46-24-12-20-40-23-13-31-57-53(40)46)26-28-45(36)48-34-50(38-16-7-3-8-17-38)59-55-47(48)29-25-41-27-30-49(58-54(41)55)37-14-5-2-6-15-37/h2-36,45H,1H3. The lowest BCUT2D eigenvalue weighted by Gasteiger charge is -2.26. The predicted molar refractivity (Wildman–Crippen MR) is 251 cm³/mol. The fourth-order valence-corrected chi connectivity index (χ4v) is 8.73. The zero-order valence-electron chi connectivity index (χ0n) is 33.5. The zero-order chi connectivity index (χ0) is 40.7. The average Bonchev–Trinajstić information content (AvgIpc) is 3.34. The second-order valence-electron chi connectivity index (χ2n) is 15.7. The van der Waals surface area contributed by atoms with Crippen LogP contribution in [0.25, 0.3) is 94.6 Å². The molecule has 0 saturated heterocycles. The van der Waals surface area contributed by atoms with Gasteiger partial charge >= 0.3 is 0 Å². The highest BCUT2D eigenvalue weighted by atomic mass is 14.9. The molecule has 2 atom stereocenters. The molecule has 5 heteroatoms. The molecular formula is C56H39N5. The number of hydrogen-bond acceptors (Lipinski definition) is 5. The third-order valence-corrected chi connectivity index (χ3v) is 11.8. The Bertz CT molecular complexity index is 3320. The van der Waals surface area contributed by atoms with Gasteiger partial charge in [0, 0.05) is 56.1 Å². The van der Waals surface area contributed by atoms with Crippen LogP contribution in [0.15, 0.2) is 206 Å². The summed E-state index contributed by atoms with van der Waals surface area (Å²) in [5, 5.41) is 3.29. The van der Waals surface area contributed by atoms with E-state index in [4.69, 9.17) is 24.9 Å². The second-order valence-corrected chi connectivity index (χ2v) is 15.7. The van der Waals surface area contributed by atoms with Crippen molar-refractivity contribution in [2.45, 2.75) is 12.8 Å². The lowest BCUT2D eigenvalue weighted by Crippen LogP contribution is -2.11. The van der Waals surface area contributed by atoms with Crippen molar-refractivity contribution in [3.05, 3.63) is 218 Å². The minimum atomic E-state index is 0.0901. The maximum atomic E-state index is 5.35. The van der Waals surface area contributed by atoms with Crippen molar-refractivity contribution in [2.75, 3.05) is 0 Å². The number of benzene rings is 6. The van der Waals surface area contributed by atoms with E-state index in [9.17, 15) is 0 Å². The van der Waals surface area contributed by atoms with Gasteiger partial charge in [0.15, 0.2) is 5.82 Å². The molecule has 6 aromatic carbocycles. The van der Waals surface area contributed by atoms with Crippen LogP contribution >= 0.6 is 0 Å². The Morgan fingerprint density at radius 3 is 1.79 bits per heavy atom. The molecule has 0 amide bonds. The summed E-state index contributed by atoms with van der Waals surface area (Å²) in [5.41, 5.74) is 15.0. The maximum Gasteiger partial charge on any atom is 0.160 e. The van der Waals surface area contributed by atoms with Crippen molar-refractivity contribution in [1.82, 2.24) is 24.9 Å². The first-order valence-electron chi connectivity index (χ1n) is 20.8. The van der Waals surface area contributed by atoms with Gasteiger partial charge in [-0.05, 0) is 52.9 Å². The molecule has 0 spiro atoms. The van der Waals surface area contributed by atoms with Crippen LogP contribution in [0.2, 0.25) is 0 Å². The molecule has 0 aliphatic heterocycles. The van der Waals surface area contributed by atoms with E-state index in [-0.39, 0.29) is 11.8 Å². The molecule has 0 N–H and O–H groups in total. The topological polar surface area (TPSA) is 64.5 Å². The third kappa shape index (κ3) is 6.86. The number of nitrogens with zero attached hydrogens (tertiary/aromatic N) is 5. The predicted octanol–water partition coefficient (Wildman–Crippen LogP) is 13.8. The normalized spacial score (nSPS) is 15.0. The highest BCUT2D eigenvalue weighted by Gasteiger charge is 2.25. The summed E-state index contributed by atoms with van der Waals surface area (Å²) in [5.74, 6) is 0.916. The van der Waals surface area contributed by atoms with E-state index in [2.05, 4.69) is 183 Å². The molecule has 10 aromatic rings. The number of para-hydroxylation sites is 1. The van der Waals surface area contributed by atoms with Crippen LogP contribution in [0.3, 0.4) is 0 Å². The third-order valence-electron chi connectivity index (χ3n) is 11.8. The molecule has 11 rings (SSSR count). The van der Waals surface area contributed by atoms with E-state index in [0.29, 0.717) is 5.82 Å². The number of hydrogen-bond donors (Lipinski definition) is 0. The number of rotatable bonds is 7. The Labute approximate surface area is 354 Å². The molecular weight excluding hydrogens is 743 g/mol. The Kier molecular flexibility index (Phi) is 9.12. The van der Waals surface area contributed by atoms with Gasteiger partial charge in [0.2, 0.25) is 0 Å². The molecule has 2 unspecified atom stereocenters. The average molecular weight is 782 g/mol. The molecule has 0 bridgehead atoms. The second kappa shape index (κ2) is 15.4. The number of fused-ring (bicyclic) bond motifs is 4. The molecule has 1 aliphatic carbocycles. The Morgan fingerprint density at radius 2 is 1.03 bits per heavy atom. The molecule has 0 radical (unpaired) electrons. The maximum absolute atomic E-state index is 5.35. The zero-order valence-corrected chi connectivity index (χ0v) is 33.5. The fraction of sp³-hybridized carbons (Fsp3) is 0.0536. The minimum absolute atomic E-state index is 0.0901. The largest absolute Gasteiger partial charge is 0.256 e. The van der Waals surface area contributed by atoms with Crippen LogP contribution < -0.4 is 0 Å². The van der Waals surface area contributed by atoms with Crippen molar-refractivity contribution in [3.63, 3.8) is 0 Å². The van der Waals surface area contributed by atoms with Gasteiger partial charge in [0.05, 0.1) is 39.3 Å². The molecule has 4 heterocycles. The van der Waals surface area contributed by atoms with E-state index in [1.807, 2.05) is 30.5 Å². The van der Waals surface area contributed by atoms with Crippen molar-refractivity contribution >= 4 is 38.3 Å². The first-order valence-corrected chi connectivity index (χ1v) is 20.8. The highest BCUT2D eigenvalue weighted by molar-refractivity contribution is 6.06. The molecule has 0 fully saturated rings. The molecule has 5 nitrogen and oxygen atoms in total. The molecule has 0 saturated carbocycles. The summed E-state index contributed by atoms with van der Waals surface area (Å²) >= 11 is 0. The van der Waals surface area contributed by atoms with E-state index in [1.165, 1.54) is 5.56 Å². The summed E-state index contributed by atoms with van der Waals surface area (Å²) in [7, 11) is 0. The van der Waals surface area contributed by atoms with Crippen LogP contribution in [-0.4, -0.2) is 24.9 Å². The van der Waals surface area contributed by atoms with E-state index in [1.54, 1.807) is 0 Å². The smallest absolute Gasteiger partial charge is 0.160 e. The highest BCUT2D eigenvalue weighted by Crippen LogP contribution is 2.41. The monoisotopic (exact) mass is 781 g/mol. The molecule has 1 aliphatic rings. The quantitative estimate of drug-likeness (QED) is 0.151. The summed E-state index contributed by atoms with van der Waals surface area (Å²) in [6, 6.07) is 63.2. The SMILES string of the molecule is CC1C=C(c2cc(-c3ccccc3)nc(-c3cccc(-c4cccc5cccnc45)c3)n2)C=CC1c1cc(-c2ccccc2)nc2c1ccc1ccc(-c3ccccc3)nc12. The Hall–Kier alpha value is -7.89.